The van der Waals surface area contributed by atoms with Gasteiger partial charge in [-0.05, 0) is 0 Å². The van der Waals surface area contributed by atoms with Crippen molar-refractivity contribution >= 4 is 12.4 Å². The quantitative estimate of drug-likeness (QED) is 0.750. The molecule has 0 radical (unpaired) electrons. The molecule has 0 saturated heterocycles. The molecule has 0 atom stereocenters. The molecule has 0 aromatic carbocycles. The second kappa shape index (κ2) is 5.94. The molecule has 0 aliphatic heterocycles. The van der Waals surface area contributed by atoms with E-state index < -0.39 is 0 Å². The van der Waals surface area contributed by atoms with Gasteiger partial charge in [-0.15, -0.1) is 12.4 Å². The first-order valence-corrected chi connectivity index (χ1v) is 3.11. The Hall–Kier alpha value is 0.938. The Kier molecular flexibility index (Phi) is 9.93. The first-order valence-electron chi connectivity index (χ1n) is 1.65. The molecular formula is C3H9ClNW. The zero-order chi connectivity index (χ0) is 4.28. The van der Waals surface area contributed by atoms with Crippen molar-refractivity contribution in [2.75, 3.05) is 0 Å². The van der Waals surface area contributed by atoms with Gasteiger partial charge in [0.1, 0.15) is 0 Å². The van der Waals surface area contributed by atoms with Gasteiger partial charge in [-0.2, -0.15) is 0 Å². The Balaban J connectivity index is 0. The van der Waals surface area contributed by atoms with Gasteiger partial charge in [-0.25, -0.2) is 0 Å². The molecule has 0 fully saturated rings. The molecule has 1 N–H and O–H groups in total. The van der Waals surface area contributed by atoms with E-state index >= 15 is 0 Å². The van der Waals surface area contributed by atoms with Crippen molar-refractivity contribution in [2.24, 2.45) is 0 Å². The van der Waals surface area contributed by atoms with Gasteiger partial charge in [0, 0.05) is 0 Å². The van der Waals surface area contributed by atoms with Crippen LogP contribution in [0, 0.1) is 0 Å². The molecule has 0 spiro atoms. The van der Waals surface area contributed by atoms with Crippen molar-refractivity contribution in [3.05, 3.63) is 0 Å². The third-order valence-corrected chi connectivity index (χ3v) is 1.93. The van der Waals surface area contributed by atoms with Crippen LogP contribution < -0.4 is 3.88 Å². The van der Waals surface area contributed by atoms with Crippen molar-refractivity contribution in [1.29, 1.82) is 0 Å². The summed E-state index contributed by atoms with van der Waals surface area (Å²) >= 11 is 1.45. The van der Waals surface area contributed by atoms with Crippen molar-refractivity contribution < 1.29 is 20.1 Å². The van der Waals surface area contributed by atoms with Gasteiger partial charge in [-0.3, -0.25) is 0 Å². The zero-order valence-corrected chi connectivity index (χ0v) is 7.64. The zero-order valence-electron chi connectivity index (χ0n) is 3.89. The van der Waals surface area contributed by atoms with Crippen LogP contribution in [-0.2, 0) is 20.1 Å². The van der Waals surface area contributed by atoms with Crippen LogP contribution in [0.1, 0.15) is 13.8 Å². The van der Waals surface area contributed by atoms with Crippen molar-refractivity contribution in [2.45, 2.75) is 19.9 Å². The van der Waals surface area contributed by atoms with E-state index in [1.165, 1.54) is 20.1 Å². The van der Waals surface area contributed by atoms with Crippen molar-refractivity contribution in [1.82, 2.24) is 3.88 Å². The second-order valence-electron chi connectivity index (χ2n) is 1.27. The van der Waals surface area contributed by atoms with Gasteiger partial charge >= 0.3 is 43.8 Å². The Morgan fingerprint density at radius 3 is 1.67 bits per heavy atom. The van der Waals surface area contributed by atoms with E-state index in [0.29, 0.717) is 6.04 Å². The van der Waals surface area contributed by atoms with Crippen LogP contribution in [0.15, 0.2) is 0 Å². The normalized spacial score (nSPS) is 7.83. The summed E-state index contributed by atoms with van der Waals surface area (Å²) in [5.74, 6) is 0. The van der Waals surface area contributed by atoms with E-state index in [4.69, 9.17) is 0 Å². The van der Waals surface area contributed by atoms with Crippen LogP contribution in [0.5, 0.6) is 0 Å². The fraction of sp³-hybridized carbons (Fsp3) is 1.00. The van der Waals surface area contributed by atoms with Crippen molar-refractivity contribution in [3.8, 4) is 0 Å². The SMILES string of the molecule is CC(C)[NH][W].Cl. The molecule has 0 aromatic rings. The third-order valence-electron chi connectivity index (χ3n) is 0.236. The third kappa shape index (κ3) is 8.87. The Morgan fingerprint density at radius 1 is 1.50 bits per heavy atom. The maximum absolute atomic E-state index is 3.11. The van der Waals surface area contributed by atoms with E-state index in [2.05, 4.69) is 17.7 Å². The van der Waals surface area contributed by atoms with Crippen LogP contribution in [0.2, 0.25) is 0 Å². The van der Waals surface area contributed by atoms with E-state index in [-0.39, 0.29) is 12.4 Å². The molecule has 0 rings (SSSR count). The van der Waals surface area contributed by atoms with Crippen LogP contribution in [0.3, 0.4) is 0 Å². The summed E-state index contributed by atoms with van der Waals surface area (Å²) in [7, 11) is 0. The van der Waals surface area contributed by atoms with Crippen LogP contribution >= 0.6 is 12.4 Å². The number of halogens is 1. The summed E-state index contributed by atoms with van der Waals surface area (Å²) in [6.45, 7) is 4.26. The minimum absolute atomic E-state index is 0. The van der Waals surface area contributed by atoms with Gasteiger partial charge in [0.15, 0.2) is 0 Å². The molecule has 0 saturated carbocycles. The van der Waals surface area contributed by atoms with Crippen molar-refractivity contribution in [3.63, 3.8) is 0 Å². The van der Waals surface area contributed by atoms with E-state index in [0.717, 1.165) is 0 Å². The summed E-state index contributed by atoms with van der Waals surface area (Å²) in [5.41, 5.74) is 0. The van der Waals surface area contributed by atoms with Gasteiger partial charge in [-0.1, -0.05) is 0 Å². The molecule has 39 valence electrons. The number of nitrogens with one attached hydrogen (secondary N) is 1. The smallest absolute Gasteiger partial charge is 0.147 e. The number of hydrogen-bond donors (Lipinski definition) is 1. The fourth-order valence-corrected chi connectivity index (χ4v) is 0. The average molecular weight is 278 g/mol. The van der Waals surface area contributed by atoms with Crippen LogP contribution in [0.25, 0.3) is 0 Å². The molecule has 0 unspecified atom stereocenters. The standard InChI is InChI=1S/C3H8N.ClH.W/c1-3(2)4;;/h3-4H,1-2H3;1H;/q-1;;+1. The van der Waals surface area contributed by atoms with Crippen LogP contribution in [0.4, 0.5) is 0 Å². The summed E-state index contributed by atoms with van der Waals surface area (Å²) in [5, 5.41) is 0. The molecular weight excluding hydrogens is 269 g/mol. The van der Waals surface area contributed by atoms with Gasteiger partial charge in [0.05, 0.1) is 0 Å². The first-order chi connectivity index (χ1) is 2.27. The van der Waals surface area contributed by atoms with E-state index in [1.807, 2.05) is 0 Å². The average Bonchev–Trinajstić information content (AvgIpc) is 1.38. The van der Waals surface area contributed by atoms with Gasteiger partial charge in [0.25, 0.3) is 0 Å². The molecule has 0 aliphatic rings. The predicted molar refractivity (Wildman–Crippen MR) is 25.5 cm³/mol. The fourth-order valence-electron chi connectivity index (χ4n) is 0. The monoisotopic (exact) mass is 278 g/mol. The summed E-state index contributed by atoms with van der Waals surface area (Å²) in [4.78, 5) is 0. The Labute approximate surface area is 56.5 Å². The molecule has 0 aliphatic carbocycles. The topological polar surface area (TPSA) is 12.0 Å². The predicted octanol–water partition coefficient (Wildman–Crippen LogP) is 0.868. The van der Waals surface area contributed by atoms with Gasteiger partial charge in [0.2, 0.25) is 0 Å². The van der Waals surface area contributed by atoms with Gasteiger partial charge < -0.3 is 0 Å². The molecule has 0 aromatic heterocycles. The first kappa shape index (κ1) is 10.0. The minimum atomic E-state index is 0. The number of hydrogen-bond acceptors (Lipinski definition) is 1. The Morgan fingerprint density at radius 2 is 1.67 bits per heavy atom. The molecule has 0 heterocycles. The molecule has 1 nitrogen and oxygen atoms in total. The maximum atomic E-state index is 3.11. The number of rotatable bonds is 1. The molecule has 6 heavy (non-hydrogen) atoms. The summed E-state index contributed by atoms with van der Waals surface area (Å²) in [6, 6.07) is 0.671. The second-order valence-corrected chi connectivity index (χ2v) is 2.12. The van der Waals surface area contributed by atoms with Crippen LogP contribution in [-0.4, -0.2) is 6.04 Å². The molecule has 0 amide bonds. The molecule has 3 heteroatoms. The maximum Gasteiger partial charge on any atom is -0.147 e. The summed E-state index contributed by atoms with van der Waals surface area (Å²) < 4.78 is 3.11. The minimum Gasteiger partial charge on any atom is -0.147 e. The summed E-state index contributed by atoms with van der Waals surface area (Å²) in [6.07, 6.45) is 0. The van der Waals surface area contributed by atoms with E-state index in [9.17, 15) is 0 Å². The van der Waals surface area contributed by atoms with E-state index in [1.54, 1.807) is 0 Å². The Bertz CT molecular complexity index is 24.8. The molecule has 0 bridgehead atoms. The largest absolute Gasteiger partial charge is 0.147 e.